The van der Waals surface area contributed by atoms with Crippen LogP contribution in [0.4, 0.5) is 0 Å². The number of rotatable bonds is 4. The third-order valence-electron chi connectivity index (χ3n) is 0.653. The molecule has 0 saturated carbocycles. The van der Waals surface area contributed by atoms with Crippen molar-refractivity contribution < 1.29 is 9.02 Å². The molecule has 0 radical (unpaired) electrons. The van der Waals surface area contributed by atoms with Crippen molar-refractivity contribution in [3.63, 3.8) is 0 Å². The molecule has 0 aliphatic rings. The molecular weight excluding hydrogens is 126 g/mol. The summed E-state index contributed by atoms with van der Waals surface area (Å²) in [6.45, 7) is 2.38. The fraction of sp³-hybridized carbons (Fsp3) is 1.00. The van der Waals surface area contributed by atoms with Gasteiger partial charge in [0.05, 0.1) is 6.61 Å². The predicted molar refractivity (Wildman–Crippen MR) is 34.2 cm³/mol. The molecule has 8 heavy (non-hydrogen) atoms. The highest BCUT2D eigenvalue weighted by atomic mass is 32.2. The maximum atomic E-state index is 4.90. The highest BCUT2D eigenvalue weighted by Gasteiger charge is 1.96. The van der Waals surface area contributed by atoms with Crippen LogP contribution in [0, 0.1) is 0 Å². The molecule has 4 heteroatoms. The zero-order valence-corrected chi connectivity index (χ0v) is 5.90. The van der Waals surface area contributed by atoms with Gasteiger partial charge in [-0.25, -0.2) is 5.90 Å². The van der Waals surface area contributed by atoms with Gasteiger partial charge < -0.3 is 4.18 Å². The lowest BCUT2D eigenvalue weighted by atomic mass is 10.5. The van der Waals surface area contributed by atoms with Crippen molar-refractivity contribution in [2.75, 3.05) is 12.9 Å². The van der Waals surface area contributed by atoms with Crippen molar-refractivity contribution in [2.24, 2.45) is 5.90 Å². The Morgan fingerprint density at radius 1 is 1.75 bits per heavy atom. The lowest BCUT2D eigenvalue weighted by molar-refractivity contribution is 0.0375. The SMILES string of the molecule is CSOCC(C)ON. The van der Waals surface area contributed by atoms with Gasteiger partial charge in [-0.15, -0.1) is 0 Å². The van der Waals surface area contributed by atoms with Crippen molar-refractivity contribution >= 4 is 12.0 Å². The maximum Gasteiger partial charge on any atom is 0.100 e. The number of hydrogen-bond acceptors (Lipinski definition) is 4. The van der Waals surface area contributed by atoms with Crippen LogP contribution >= 0.6 is 12.0 Å². The van der Waals surface area contributed by atoms with E-state index in [1.54, 1.807) is 0 Å². The normalized spacial score (nSPS) is 13.9. The van der Waals surface area contributed by atoms with Crippen LogP contribution in [0.15, 0.2) is 0 Å². The van der Waals surface area contributed by atoms with Gasteiger partial charge in [-0.1, -0.05) is 0 Å². The lowest BCUT2D eigenvalue weighted by Crippen LogP contribution is -2.17. The van der Waals surface area contributed by atoms with Crippen molar-refractivity contribution in [3.05, 3.63) is 0 Å². The van der Waals surface area contributed by atoms with E-state index in [4.69, 9.17) is 10.1 Å². The summed E-state index contributed by atoms with van der Waals surface area (Å²) < 4.78 is 4.90. The molecule has 0 bridgehead atoms. The summed E-state index contributed by atoms with van der Waals surface area (Å²) in [4.78, 5) is 4.41. The molecule has 1 unspecified atom stereocenters. The Morgan fingerprint density at radius 2 is 2.38 bits per heavy atom. The van der Waals surface area contributed by atoms with Crippen LogP contribution in [-0.2, 0) is 9.02 Å². The number of hydrogen-bond donors (Lipinski definition) is 1. The van der Waals surface area contributed by atoms with Gasteiger partial charge in [-0.3, -0.25) is 4.84 Å². The minimum absolute atomic E-state index is 0.0116. The van der Waals surface area contributed by atoms with Crippen LogP contribution in [0.2, 0.25) is 0 Å². The molecule has 0 heterocycles. The monoisotopic (exact) mass is 137 g/mol. The van der Waals surface area contributed by atoms with E-state index in [-0.39, 0.29) is 6.10 Å². The van der Waals surface area contributed by atoms with Crippen LogP contribution < -0.4 is 5.90 Å². The van der Waals surface area contributed by atoms with Crippen molar-refractivity contribution in [1.82, 2.24) is 0 Å². The summed E-state index contributed by atoms with van der Waals surface area (Å²) in [6.07, 6.45) is 1.84. The Morgan fingerprint density at radius 3 is 2.75 bits per heavy atom. The maximum absolute atomic E-state index is 4.90. The van der Waals surface area contributed by atoms with Gasteiger partial charge in [0.15, 0.2) is 0 Å². The Hall–Kier alpha value is 0.230. The summed E-state index contributed by atoms with van der Waals surface area (Å²) in [5, 5.41) is 0. The van der Waals surface area contributed by atoms with E-state index < -0.39 is 0 Å². The Balaban J connectivity index is 2.86. The number of nitrogens with two attached hydrogens (primary N) is 1. The van der Waals surface area contributed by atoms with Gasteiger partial charge >= 0.3 is 0 Å². The topological polar surface area (TPSA) is 44.5 Å². The zero-order valence-electron chi connectivity index (χ0n) is 5.09. The Labute approximate surface area is 53.7 Å². The first kappa shape index (κ1) is 8.23. The predicted octanol–water partition coefficient (Wildman–Crippen LogP) is 0.560. The summed E-state index contributed by atoms with van der Waals surface area (Å²) in [6, 6.07) is 0. The average Bonchev–Trinajstić information content (AvgIpc) is 1.83. The van der Waals surface area contributed by atoms with Gasteiger partial charge in [0, 0.05) is 6.26 Å². The summed E-state index contributed by atoms with van der Waals surface area (Å²) in [5.41, 5.74) is 0. The van der Waals surface area contributed by atoms with E-state index in [1.807, 2.05) is 13.2 Å². The van der Waals surface area contributed by atoms with Gasteiger partial charge in [-0.2, -0.15) is 0 Å². The van der Waals surface area contributed by atoms with E-state index in [2.05, 4.69) is 4.84 Å². The second-order valence-electron chi connectivity index (χ2n) is 1.40. The van der Waals surface area contributed by atoms with Crippen LogP contribution in [0.1, 0.15) is 6.92 Å². The second-order valence-corrected chi connectivity index (χ2v) is 1.97. The Bertz CT molecular complexity index is 53.3. The molecule has 1 atom stereocenters. The molecule has 0 saturated heterocycles. The van der Waals surface area contributed by atoms with E-state index in [1.165, 1.54) is 12.0 Å². The van der Waals surface area contributed by atoms with Crippen LogP contribution in [-0.4, -0.2) is 19.0 Å². The molecule has 0 aliphatic heterocycles. The van der Waals surface area contributed by atoms with Gasteiger partial charge in [-0.05, 0) is 19.0 Å². The standard InChI is InChI=1S/C4H11NO2S/c1-4(7-5)3-6-8-2/h4H,3,5H2,1-2H3. The molecule has 0 fully saturated rings. The molecule has 0 aromatic heterocycles. The van der Waals surface area contributed by atoms with Crippen molar-refractivity contribution in [3.8, 4) is 0 Å². The summed E-state index contributed by atoms with van der Waals surface area (Å²) in [5.74, 6) is 4.82. The average molecular weight is 137 g/mol. The van der Waals surface area contributed by atoms with Crippen LogP contribution in [0.25, 0.3) is 0 Å². The van der Waals surface area contributed by atoms with Gasteiger partial charge in [0.25, 0.3) is 0 Å². The minimum atomic E-state index is -0.0116. The highest BCUT2D eigenvalue weighted by Crippen LogP contribution is 1.96. The summed E-state index contributed by atoms with van der Waals surface area (Å²) >= 11 is 1.31. The van der Waals surface area contributed by atoms with Gasteiger partial charge in [0.1, 0.15) is 6.10 Å². The van der Waals surface area contributed by atoms with E-state index >= 15 is 0 Å². The molecule has 2 N–H and O–H groups in total. The molecule has 3 nitrogen and oxygen atoms in total. The van der Waals surface area contributed by atoms with E-state index in [0.717, 1.165) is 0 Å². The minimum Gasteiger partial charge on any atom is -0.313 e. The first-order chi connectivity index (χ1) is 3.81. The quantitative estimate of drug-likeness (QED) is 0.454. The second kappa shape index (κ2) is 5.37. The van der Waals surface area contributed by atoms with Crippen molar-refractivity contribution in [1.29, 1.82) is 0 Å². The molecular formula is C4H11NO2S. The molecule has 0 spiro atoms. The lowest BCUT2D eigenvalue weighted by Gasteiger charge is -2.05. The molecule has 0 aromatic rings. The molecule has 50 valence electrons. The fourth-order valence-corrected chi connectivity index (χ4v) is 0.531. The molecule has 0 amide bonds. The smallest absolute Gasteiger partial charge is 0.100 e. The fourth-order valence-electron chi connectivity index (χ4n) is 0.203. The Kier molecular flexibility index (Phi) is 5.52. The third-order valence-corrected chi connectivity index (χ3v) is 1.02. The molecule has 0 rings (SSSR count). The van der Waals surface area contributed by atoms with Crippen LogP contribution in [0.3, 0.4) is 0 Å². The van der Waals surface area contributed by atoms with Gasteiger partial charge in [0.2, 0.25) is 0 Å². The summed E-state index contributed by atoms with van der Waals surface area (Å²) in [7, 11) is 0. The van der Waals surface area contributed by atoms with Crippen molar-refractivity contribution in [2.45, 2.75) is 13.0 Å². The third kappa shape index (κ3) is 4.39. The molecule has 0 aromatic carbocycles. The highest BCUT2D eigenvalue weighted by molar-refractivity contribution is 7.93. The van der Waals surface area contributed by atoms with E-state index in [9.17, 15) is 0 Å². The zero-order chi connectivity index (χ0) is 6.41. The van der Waals surface area contributed by atoms with E-state index in [0.29, 0.717) is 6.61 Å². The molecule has 0 aliphatic carbocycles. The first-order valence-corrected chi connectivity index (χ1v) is 3.47. The largest absolute Gasteiger partial charge is 0.313 e. The van der Waals surface area contributed by atoms with Crippen LogP contribution in [0.5, 0.6) is 0 Å². The first-order valence-electron chi connectivity index (χ1n) is 2.32.